The van der Waals surface area contributed by atoms with Gasteiger partial charge in [0.2, 0.25) is 6.41 Å². The second kappa shape index (κ2) is 15.6. The largest absolute Gasteiger partial charge is 0.506 e. The van der Waals surface area contributed by atoms with Crippen molar-refractivity contribution in [3.63, 3.8) is 0 Å². The summed E-state index contributed by atoms with van der Waals surface area (Å²) in [5, 5.41) is 26.8. The molecular formula is C39H43N3O5. The van der Waals surface area contributed by atoms with Crippen molar-refractivity contribution in [3.05, 3.63) is 130 Å². The van der Waals surface area contributed by atoms with Crippen LogP contribution in [0.2, 0.25) is 0 Å². The number of likely N-dealkylation sites (tertiary alicyclic amines) is 1. The zero-order valence-electron chi connectivity index (χ0n) is 27.0. The Morgan fingerprint density at radius 1 is 0.957 bits per heavy atom. The number of aromatic hydroxyl groups is 1. The van der Waals surface area contributed by atoms with Crippen molar-refractivity contribution in [2.75, 3.05) is 25.0 Å². The fraction of sp³-hybridized carbons (Fsp3) is 0.282. The molecule has 244 valence electrons. The average molecular weight is 634 g/mol. The Balaban J connectivity index is 1.07. The second-order valence-electron chi connectivity index (χ2n) is 12.2. The molecule has 8 heteroatoms. The van der Waals surface area contributed by atoms with Gasteiger partial charge in [0.1, 0.15) is 18.1 Å². The molecule has 0 aromatic heterocycles. The Labute approximate surface area is 276 Å². The van der Waals surface area contributed by atoms with Crippen LogP contribution in [0.5, 0.6) is 11.5 Å². The lowest BCUT2D eigenvalue weighted by Crippen LogP contribution is -2.43. The summed E-state index contributed by atoms with van der Waals surface area (Å²) in [5.41, 5.74) is 5.59. The number of carbonyl (C=O) groups is 2. The highest BCUT2D eigenvalue weighted by molar-refractivity contribution is 5.94. The average Bonchev–Trinajstić information content (AvgIpc) is 3.10. The highest BCUT2D eigenvalue weighted by atomic mass is 16.5. The maximum atomic E-state index is 13.2. The first kappa shape index (κ1) is 33.4. The molecule has 4 aromatic carbocycles. The predicted octanol–water partition coefficient (Wildman–Crippen LogP) is 6.59. The molecule has 1 aliphatic heterocycles. The van der Waals surface area contributed by atoms with E-state index in [2.05, 4.69) is 41.8 Å². The number of anilines is 1. The fourth-order valence-electron chi connectivity index (χ4n) is 6.06. The van der Waals surface area contributed by atoms with Crippen molar-refractivity contribution >= 4 is 24.1 Å². The number of phenols is 1. The van der Waals surface area contributed by atoms with Gasteiger partial charge in [-0.3, -0.25) is 9.59 Å². The van der Waals surface area contributed by atoms with E-state index < -0.39 is 6.10 Å². The van der Waals surface area contributed by atoms with Crippen LogP contribution in [0, 0.1) is 0 Å². The summed E-state index contributed by atoms with van der Waals surface area (Å²) in [4.78, 5) is 26.2. The van der Waals surface area contributed by atoms with Crippen LogP contribution < -0.4 is 15.4 Å². The van der Waals surface area contributed by atoms with Gasteiger partial charge in [0.05, 0.1) is 11.8 Å². The van der Waals surface area contributed by atoms with E-state index in [1.165, 1.54) is 11.6 Å². The van der Waals surface area contributed by atoms with Crippen LogP contribution in [0.1, 0.15) is 71.0 Å². The molecule has 47 heavy (non-hydrogen) atoms. The van der Waals surface area contributed by atoms with Crippen LogP contribution in [0.15, 0.2) is 97.1 Å². The molecule has 0 spiro atoms. The quantitative estimate of drug-likeness (QED) is 0.0977. The number of hydrogen-bond acceptors (Lipinski definition) is 6. The molecule has 1 atom stereocenters. The van der Waals surface area contributed by atoms with Crippen molar-refractivity contribution in [1.82, 2.24) is 10.2 Å². The third kappa shape index (κ3) is 8.27. The second-order valence-corrected chi connectivity index (χ2v) is 12.2. The molecule has 0 aliphatic carbocycles. The Kier molecular flexibility index (Phi) is 11.1. The summed E-state index contributed by atoms with van der Waals surface area (Å²) in [6.07, 6.45) is 5.07. The SMILES string of the molecule is C/C=C\c1c([C@@H](O)CNCc2ccc(COc3ccc(C(=O)N4CCC(C)(c5ccccc5)CC4)cc3)cc2)ccc(O)c1NC=O. The van der Waals surface area contributed by atoms with Crippen LogP contribution in [-0.4, -0.2) is 47.1 Å². The molecule has 2 amide bonds. The molecule has 8 nitrogen and oxygen atoms in total. The third-order valence-corrected chi connectivity index (χ3v) is 8.97. The minimum atomic E-state index is -0.848. The standard InChI is InChI=1S/C39H43N3O5/c1-3-7-34-33(18-19-35(44)37(34)41-27-43)36(45)25-40-24-28-10-12-29(13-11-28)26-47-32-16-14-30(15-17-32)38(46)42-22-20-39(2,21-23-42)31-8-5-4-6-9-31/h3-19,27,36,40,44-45H,20-26H2,1-2H3,(H,41,43)/b7-3-/t36-/m0/s1. The van der Waals surface area contributed by atoms with Crippen molar-refractivity contribution in [3.8, 4) is 11.5 Å². The van der Waals surface area contributed by atoms with E-state index in [1.807, 2.05) is 66.4 Å². The molecule has 1 saturated heterocycles. The molecule has 0 radical (unpaired) electrons. The smallest absolute Gasteiger partial charge is 0.253 e. The van der Waals surface area contributed by atoms with E-state index in [0.29, 0.717) is 42.0 Å². The van der Waals surface area contributed by atoms with Gasteiger partial charge in [0, 0.05) is 37.3 Å². The van der Waals surface area contributed by atoms with Crippen molar-refractivity contribution in [1.29, 1.82) is 0 Å². The van der Waals surface area contributed by atoms with E-state index in [9.17, 15) is 19.8 Å². The summed E-state index contributed by atoms with van der Waals surface area (Å²) in [6, 6.07) is 29.1. The lowest BCUT2D eigenvalue weighted by molar-refractivity contribution is -0.105. The first-order valence-corrected chi connectivity index (χ1v) is 16.0. The monoisotopic (exact) mass is 633 g/mol. The predicted molar refractivity (Wildman–Crippen MR) is 185 cm³/mol. The number of hydrogen-bond donors (Lipinski definition) is 4. The van der Waals surface area contributed by atoms with Crippen molar-refractivity contribution in [2.45, 2.75) is 51.4 Å². The highest BCUT2D eigenvalue weighted by Gasteiger charge is 2.33. The first-order valence-electron chi connectivity index (χ1n) is 16.0. The Morgan fingerprint density at radius 2 is 1.64 bits per heavy atom. The van der Waals surface area contributed by atoms with E-state index in [0.717, 1.165) is 37.1 Å². The molecule has 0 bridgehead atoms. The minimum absolute atomic E-state index is 0.0596. The molecule has 1 fully saturated rings. The number of piperidine rings is 1. The molecule has 5 rings (SSSR count). The number of aliphatic hydroxyl groups excluding tert-OH is 1. The van der Waals surface area contributed by atoms with Gasteiger partial charge in [0.25, 0.3) is 5.91 Å². The van der Waals surface area contributed by atoms with Gasteiger partial charge in [-0.1, -0.05) is 79.7 Å². The summed E-state index contributed by atoms with van der Waals surface area (Å²) < 4.78 is 5.99. The fourth-order valence-corrected chi connectivity index (χ4v) is 6.06. The van der Waals surface area contributed by atoms with Crippen molar-refractivity contribution < 1.29 is 24.5 Å². The maximum Gasteiger partial charge on any atom is 0.253 e. The van der Waals surface area contributed by atoms with E-state index in [1.54, 1.807) is 18.2 Å². The molecule has 1 aliphatic rings. The summed E-state index contributed by atoms with van der Waals surface area (Å²) in [7, 11) is 0. The Hall–Kier alpha value is -4.92. The van der Waals surface area contributed by atoms with Gasteiger partial charge < -0.3 is 30.5 Å². The van der Waals surface area contributed by atoms with Crippen LogP contribution in [-0.2, 0) is 23.4 Å². The maximum absolute atomic E-state index is 13.2. The van der Waals surface area contributed by atoms with Crippen LogP contribution >= 0.6 is 0 Å². The van der Waals surface area contributed by atoms with Crippen LogP contribution in [0.25, 0.3) is 6.08 Å². The number of phenolic OH excluding ortho intramolecular Hbond substituents is 1. The van der Waals surface area contributed by atoms with Gasteiger partial charge in [0.15, 0.2) is 0 Å². The molecule has 0 saturated carbocycles. The molecular weight excluding hydrogens is 590 g/mol. The molecule has 4 N–H and O–H groups in total. The summed E-state index contributed by atoms with van der Waals surface area (Å²) >= 11 is 0. The van der Waals surface area contributed by atoms with Gasteiger partial charge in [-0.05, 0) is 77.8 Å². The highest BCUT2D eigenvalue weighted by Crippen LogP contribution is 2.36. The first-order chi connectivity index (χ1) is 22.8. The lowest BCUT2D eigenvalue weighted by atomic mass is 9.74. The summed E-state index contributed by atoms with van der Waals surface area (Å²) in [5.74, 6) is 0.698. The number of rotatable bonds is 13. The zero-order chi connectivity index (χ0) is 33.2. The Morgan fingerprint density at radius 3 is 2.30 bits per heavy atom. The van der Waals surface area contributed by atoms with E-state index >= 15 is 0 Å². The third-order valence-electron chi connectivity index (χ3n) is 8.97. The van der Waals surface area contributed by atoms with Gasteiger partial charge in [-0.25, -0.2) is 0 Å². The zero-order valence-corrected chi connectivity index (χ0v) is 27.0. The number of nitrogens with zero attached hydrogens (tertiary/aromatic N) is 1. The molecule has 4 aromatic rings. The van der Waals surface area contributed by atoms with E-state index in [-0.39, 0.29) is 29.3 Å². The number of amides is 2. The number of nitrogens with one attached hydrogen (secondary N) is 2. The van der Waals surface area contributed by atoms with Crippen LogP contribution in [0.3, 0.4) is 0 Å². The Bertz CT molecular complexity index is 1660. The van der Waals surface area contributed by atoms with Crippen LogP contribution in [0.4, 0.5) is 5.69 Å². The van der Waals surface area contributed by atoms with Gasteiger partial charge in [-0.15, -0.1) is 0 Å². The number of allylic oxidation sites excluding steroid dienone is 1. The van der Waals surface area contributed by atoms with Gasteiger partial charge >= 0.3 is 0 Å². The van der Waals surface area contributed by atoms with Gasteiger partial charge in [-0.2, -0.15) is 0 Å². The topological polar surface area (TPSA) is 111 Å². The van der Waals surface area contributed by atoms with E-state index in [4.69, 9.17) is 4.74 Å². The molecule has 1 heterocycles. The van der Waals surface area contributed by atoms with Crippen molar-refractivity contribution in [2.24, 2.45) is 0 Å². The number of carbonyl (C=O) groups excluding carboxylic acids is 2. The number of ether oxygens (including phenoxy) is 1. The number of benzene rings is 4. The lowest BCUT2D eigenvalue weighted by Gasteiger charge is -2.40. The number of aliphatic hydroxyl groups is 1. The summed E-state index contributed by atoms with van der Waals surface area (Å²) in [6.45, 7) is 6.83. The normalized spacial score (nSPS) is 14.9. The molecule has 0 unspecified atom stereocenters. The minimum Gasteiger partial charge on any atom is -0.506 e.